The fraction of sp³-hybridized carbons (Fsp3) is 0.220. The van der Waals surface area contributed by atoms with E-state index in [9.17, 15) is 15.2 Å². The van der Waals surface area contributed by atoms with E-state index in [2.05, 4.69) is 122 Å². The molecule has 1 N–H and O–H groups in total. The molecule has 1 aliphatic rings. The minimum Gasteiger partial charge on any atom is -0.477 e. The number of carboxylic acid groups (broad SMARTS) is 1. The Morgan fingerprint density at radius 3 is 2.00 bits per heavy atom. The molecule has 5 aromatic rings. The molecule has 0 heterocycles. The monoisotopic (exact) mass is 590 g/mol. The number of hydrogen-bond acceptors (Lipinski definition) is 3. The van der Waals surface area contributed by atoms with Gasteiger partial charge in [-0.1, -0.05) is 112 Å². The van der Waals surface area contributed by atoms with Crippen molar-refractivity contribution in [2.24, 2.45) is 0 Å². The van der Waals surface area contributed by atoms with Crippen molar-refractivity contribution in [1.29, 1.82) is 5.26 Å². The Bertz CT molecular complexity index is 1930. The van der Waals surface area contributed by atoms with E-state index in [1.165, 1.54) is 39.1 Å². The van der Waals surface area contributed by atoms with Gasteiger partial charge < -0.3 is 10.0 Å². The molecule has 4 nitrogen and oxygen atoms in total. The zero-order chi connectivity index (χ0) is 31.4. The molecule has 45 heavy (non-hydrogen) atoms. The third-order valence-corrected chi connectivity index (χ3v) is 9.21. The van der Waals surface area contributed by atoms with Gasteiger partial charge in [-0.05, 0) is 93.9 Å². The van der Waals surface area contributed by atoms with Crippen LogP contribution in [0.4, 0.5) is 17.1 Å². The number of hydrogen-bond donors (Lipinski definition) is 1. The highest BCUT2D eigenvalue weighted by Gasteiger charge is 2.42. The number of aliphatic carboxylic acids is 1. The van der Waals surface area contributed by atoms with E-state index in [0.29, 0.717) is 0 Å². The molecule has 0 spiro atoms. The first-order valence-corrected chi connectivity index (χ1v) is 16.0. The highest BCUT2D eigenvalue weighted by atomic mass is 16.4. The van der Waals surface area contributed by atoms with Crippen LogP contribution in [0.2, 0.25) is 0 Å². The van der Waals surface area contributed by atoms with Crippen LogP contribution in [0.1, 0.15) is 69.1 Å². The molecule has 6 rings (SSSR count). The second kappa shape index (κ2) is 12.8. The zero-order valence-electron chi connectivity index (χ0n) is 26.0. The number of unbranched alkanes of at least 4 members (excludes halogenated alkanes) is 2. The lowest BCUT2D eigenvalue weighted by Gasteiger charge is -2.34. The number of anilines is 3. The van der Waals surface area contributed by atoms with Crippen LogP contribution in [-0.2, 0) is 10.2 Å². The normalized spacial score (nSPS) is 13.2. The Labute approximate surface area is 265 Å². The number of benzene rings is 5. The molecule has 1 aliphatic carbocycles. The van der Waals surface area contributed by atoms with Crippen molar-refractivity contribution in [2.45, 2.75) is 57.8 Å². The van der Waals surface area contributed by atoms with Crippen molar-refractivity contribution in [3.63, 3.8) is 0 Å². The highest BCUT2D eigenvalue weighted by Crippen LogP contribution is 2.56. The number of carbonyl (C=O) groups is 1. The predicted molar refractivity (Wildman–Crippen MR) is 185 cm³/mol. The SMILES string of the molecule is CCCCC1(CCCC)c2cc(/C=C(\C#N)C(=O)O)ccc2-c2ccc(N(c3ccccc3)c3ccc4ccccc4c3)cc21. The number of nitriles is 1. The number of rotatable bonds is 11. The summed E-state index contributed by atoms with van der Waals surface area (Å²) < 4.78 is 0. The van der Waals surface area contributed by atoms with E-state index >= 15 is 0 Å². The molecule has 0 atom stereocenters. The first-order valence-electron chi connectivity index (χ1n) is 16.0. The first kappa shape index (κ1) is 29.9. The third kappa shape index (κ3) is 5.63. The van der Waals surface area contributed by atoms with Gasteiger partial charge in [0.25, 0.3) is 0 Å². The highest BCUT2D eigenvalue weighted by molar-refractivity contribution is 5.97. The van der Waals surface area contributed by atoms with Gasteiger partial charge in [-0.3, -0.25) is 0 Å². The summed E-state index contributed by atoms with van der Waals surface area (Å²) >= 11 is 0. The first-order chi connectivity index (χ1) is 22.0. The summed E-state index contributed by atoms with van der Waals surface area (Å²) in [6.07, 6.45) is 7.84. The lowest BCUT2D eigenvalue weighted by atomic mass is 9.70. The predicted octanol–water partition coefficient (Wildman–Crippen LogP) is 10.9. The van der Waals surface area contributed by atoms with Gasteiger partial charge in [-0.15, -0.1) is 0 Å². The number of carboxylic acids is 1. The van der Waals surface area contributed by atoms with E-state index in [1.54, 1.807) is 0 Å². The molecule has 5 aromatic carbocycles. The van der Waals surface area contributed by atoms with Crippen molar-refractivity contribution in [3.05, 3.63) is 131 Å². The average Bonchev–Trinajstić information content (AvgIpc) is 3.34. The Hall–Kier alpha value is -5.14. The Morgan fingerprint density at radius 2 is 1.33 bits per heavy atom. The van der Waals surface area contributed by atoms with E-state index in [1.807, 2.05) is 12.1 Å². The van der Waals surface area contributed by atoms with Crippen LogP contribution in [0, 0.1) is 11.3 Å². The van der Waals surface area contributed by atoms with E-state index in [-0.39, 0.29) is 11.0 Å². The lowest BCUT2D eigenvalue weighted by Crippen LogP contribution is -2.26. The summed E-state index contributed by atoms with van der Waals surface area (Å²) in [6, 6.07) is 40.6. The quantitative estimate of drug-likeness (QED) is 0.123. The fourth-order valence-electron chi connectivity index (χ4n) is 7.00. The van der Waals surface area contributed by atoms with Crippen LogP contribution in [0.3, 0.4) is 0 Å². The van der Waals surface area contributed by atoms with Crippen LogP contribution >= 0.6 is 0 Å². The lowest BCUT2D eigenvalue weighted by molar-refractivity contribution is -0.132. The minimum atomic E-state index is -1.20. The number of nitrogens with zero attached hydrogens (tertiary/aromatic N) is 2. The standard InChI is InChI=1S/C41H38N2O2/c1-3-5-22-41(23-6-4-2)38-25-29(24-32(28-42)40(44)45)16-20-36(38)37-21-19-35(27-39(37)41)43(33-14-8-7-9-15-33)34-18-17-30-12-10-11-13-31(30)26-34/h7-21,24-27H,3-6,22-23H2,1-2H3,(H,44,45)/b32-24+. The molecule has 4 heteroatoms. The molecule has 0 aliphatic heterocycles. The van der Waals surface area contributed by atoms with E-state index < -0.39 is 5.97 Å². The molecule has 0 radical (unpaired) electrons. The molecule has 0 aromatic heterocycles. The van der Waals surface area contributed by atoms with Gasteiger partial charge in [0.1, 0.15) is 11.6 Å². The summed E-state index contributed by atoms with van der Waals surface area (Å²) in [6.45, 7) is 4.48. The Morgan fingerprint density at radius 1 is 0.733 bits per heavy atom. The van der Waals surface area contributed by atoms with Crippen molar-refractivity contribution in [2.75, 3.05) is 4.90 Å². The molecular weight excluding hydrogens is 552 g/mol. The van der Waals surface area contributed by atoms with Crippen molar-refractivity contribution in [3.8, 4) is 17.2 Å². The average molecular weight is 591 g/mol. The maximum atomic E-state index is 11.7. The van der Waals surface area contributed by atoms with Gasteiger partial charge in [0, 0.05) is 22.5 Å². The van der Waals surface area contributed by atoms with Gasteiger partial charge in [-0.2, -0.15) is 5.26 Å². The van der Waals surface area contributed by atoms with E-state index in [4.69, 9.17) is 0 Å². The molecule has 0 amide bonds. The molecule has 0 saturated carbocycles. The summed E-state index contributed by atoms with van der Waals surface area (Å²) in [7, 11) is 0. The van der Waals surface area contributed by atoms with Crippen LogP contribution < -0.4 is 4.90 Å². The molecule has 0 saturated heterocycles. The second-order valence-corrected chi connectivity index (χ2v) is 12.0. The van der Waals surface area contributed by atoms with Crippen molar-refractivity contribution >= 4 is 39.9 Å². The number of para-hydroxylation sites is 1. The molecule has 0 unspecified atom stereocenters. The largest absolute Gasteiger partial charge is 0.477 e. The zero-order valence-corrected chi connectivity index (χ0v) is 26.0. The van der Waals surface area contributed by atoms with Crippen LogP contribution in [0.5, 0.6) is 0 Å². The molecule has 224 valence electrons. The summed E-state index contributed by atoms with van der Waals surface area (Å²) in [4.78, 5) is 14.0. The Kier molecular flexibility index (Phi) is 8.54. The topological polar surface area (TPSA) is 64.3 Å². The molecule has 0 bridgehead atoms. The van der Waals surface area contributed by atoms with Crippen molar-refractivity contribution < 1.29 is 9.90 Å². The summed E-state index contributed by atoms with van der Waals surface area (Å²) in [5, 5.41) is 21.4. The maximum absolute atomic E-state index is 11.7. The second-order valence-electron chi connectivity index (χ2n) is 12.0. The van der Waals surface area contributed by atoms with Gasteiger partial charge >= 0.3 is 5.97 Å². The minimum absolute atomic E-state index is 0.210. The van der Waals surface area contributed by atoms with Crippen LogP contribution in [-0.4, -0.2) is 11.1 Å². The molecule has 0 fully saturated rings. The van der Waals surface area contributed by atoms with Gasteiger partial charge in [0.05, 0.1) is 0 Å². The smallest absolute Gasteiger partial charge is 0.346 e. The van der Waals surface area contributed by atoms with E-state index in [0.717, 1.165) is 61.2 Å². The van der Waals surface area contributed by atoms with Gasteiger partial charge in [0.2, 0.25) is 0 Å². The Balaban J connectivity index is 1.56. The van der Waals surface area contributed by atoms with Gasteiger partial charge in [0.15, 0.2) is 0 Å². The van der Waals surface area contributed by atoms with Crippen LogP contribution in [0.25, 0.3) is 28.0 Å². The summed E-state index contributed by atoms with van der Waals surface area (Å²) in [5.74, 6) is -1.20. The maximum Gasteiger partial charge on any atom is 0.346 e. The third-order valence-electron chi connectivity index (χ3n) is 9.21. The molecular formula is C41H38N2O2. The van der Waals surface area contributed by atoms with Crippen molar-refractivity contribution in [1.82, 2.24) is 0 Å². The van der Waals surface area contributed by atoms with Gasteiger partial charge in [-0.25, -0.2) is 4.79 Å². The fourth-order valence-corrected chi connectivity index (χ4v) is 7.00. The van der Waals surface area contributed by atoms with Crippen LogP contribution in [0.15, 0.2) is 115 Å². The number of fused-ring (bicyclic) bond motifs is 4. The summed E-state index contributed by atoms with van der Waals surface area (Å²) in [5.41, 5.74) is 8.61.